The second-order valence-electron chi connectivity index (χ2n) is 10.8. The van der Waals surface area contributed by atoms with Crippen LogP contribution < -0.4 is 9.80 Å². The highest BCUT2D eigenvalue weighted by Crippen LogP contribution is 2.34. The summed E-state index contributed by atoms with van der Waals surface area (Å²) in [4.78, 5) is 15.4. The summed E-state index contributed by atoms with van der Waals surface area (Å²) in [5.74, 6) is 1.71. The van der Waals surface area contributed by atoms with E-state index >= 15 is 0 Å². The number of nitrogens with zero attached hydrogens (tertiary/aromatic N) is 10. The van der Waals surface area contributed by atoms with Gasteiger partial charge in [-0.1, -0.05) is 23.5 Å². The number of thioether (sulfide) groups is 2. The van der Waals surface area contributed by atoms with Crippen molar-refractivity contribution in [2.24, 2.45) is 0 Å². The Labute approximate surface area is 292 Å². The molecule has 0 aliphatic carbocycles. The van der Waals surface area contributed by atoms with Crippen molar-refractivity contribution in [1.29, 1.82) is 0 Å². The number of hydrogen-bond donors (Lipinski definition) is 0. The fourth-order valence-electron chi connectivity index (χ4n) is 4.84. The topological polar surface area (TPSA) is 125 Å². The van der Waals surface area contributed by atoms with Crippen molar-refractivity contribution in [3.05, 3.63) is 69.9 Å². The van der Waals surface area contributed by atoms with E-state index in [1.54, 1.807) is 46.2 Å². The first-order valence-corrected chi connectivity index (χ1v) is 18.5. The van der Waals surface area contributed by atoms with Crippen LogP contribution in [0.2, 0.25) is 0 Å². The molecular formula is C32H40N10OS4. The van der Waals surface area contributed by atoms with Crippen molar-refractivity contribution < 1.29 is 5.48 Å². The average Bonchev–Trinajstić information content (AvgIpc) is 3.81. The van der Waals surface area contributed by atoms with E-state index in [0.717, 1.165) is 64.5 Å². The van der Waals surface area contributed by atoms with Gasteiger partial charge in [0.1, 0.15) is 0 Å². The lowest BCUT2D eigenvalue weighted by Gasteiger charge is -2.14. The summed E-state index contributed by atoms with van der Waals surface area (Å²) in [6.07, 6.45) is 4.03. The highest BCUT2D eigenvalue weighted by Gasteiger charge is 2.21. The smallest absolute Gasteiger partial charge is 0.195 e. The van der Waals surface area contributed by atoms with Gasteiger partial charge in [0.25, 0.3) is 0 Å². The first-order chi connectivity index (χ1) is 22.0. The quantitative estimate of drug-likeness (QED) is 0.157. The minimum atomic E-state index is 0. The number of aromatic nitrogens is 8. The Morgan fingerprint density at radius 1 is 0.553 bits per heavy atom. The van der Waals surface area contributed by atoms with Crippen molar-refractivity contribution in [1.82, 2.24) is 39.5 Å². The summed E-state index contributed by atoms with van der Waals surface area (Å²) in [7, 11) is 8.15. The van der Waals surface area contributed by atoms with Crippen LogP contribution in [0.4, 0.5) is 11.4 Å². The van der Waals surface area contributed by atoms with Crippen LogP contribution in [0.25, 0.3) is 32.8 Å². The predicted molar refractivity (Wildman–Crippen MR) is 200 cm³/mol. The molecule has 0 saturated carbocycles. The number of aryl methyl sites for hydroxylation is 4. The number of rotatable bonds is 8. The van der Waals surface area contributed by atoms with Crippen LogP contribution in [0.15, 0.2) is 58.8 Å². The molecule has 0 aliphatic rings. The maximum atomic E-state index is 4.52. The van der Waals surface area contributed by atoms with Gasteiger partial charge >= 0.3 is 0 Å². The molecule has 0 amide bonds. The van der Waals surface area contributed by atoms with E-state index in [1.165, 1.54) is 11.4 Å². The Morgan fingerprint density at radius 3 is 1.15 bits per heavy atom. The zero-order chi connectivity index (χ0) is 33.1. The van der Waals surface area contributed by atoms with Gasteiger partial charge < -0.3 is 15.3 Å². The minimum Gasteiger partial charge on any atom is -0.412 e. The Kier molecular flexibility index (Phi) is 11.8. The lowest BCUT2D eigenvalue weighted by molar-refractivity contribution is 0.824. The number of thiazole rings is 2. The van der Waals surface area contributed by atoms with Crippen molar-refractivity contribution >= 4 is 57.6 Å². The van der Waals surface area contributed by atoms with E-state index in [0.29, 0.717) is 0 Å². The van der Waals surface area contributed by atoms with Crippen molar-refractivity contribution in [2.45, 2.75) is 38.0 Å². The highest BCUT2D eigenvalue weighted by molar-refractivity contribution is 7.98. The molecule has 0 fully saturated rings. The molecule has 6 aromatic rings. The van der Waals surface area contributed by atoms with Gasteiger partial charge in [-0.3, -0.25) is 9.13 Å². The molecule has 0 atom stereocenters. The van der Waals surface area contributed by atoms with Gasteiger partial charge in [0.05, 0.1) is 31.2 Å². The molecule has 0 aliphatic heterocycles. The minimum absolute atomic E-state index is 0. The van der Waals surface area contributed by atoms with Crippen molar-refractivity contribution in [2.75, 3.05) is 50.5 Å². The van der Waals surface area contributed by atoms with Crippen LogP contribution in [-0.4, -0.2) is 85.7 Å². The van der Waals surface area contributed by atoms with E-state index in [-0.39, 0.29) is 5.48 Å². The van der Waals surface area contributed by atoms with E-state index in [9.17, 15) is 0 Å². The second kappa shape index (κ2) is 15.4. The first kappa shape index (κ1) is 36.1. The third kappa shape index (κ3) is 7.70. The van der Waals surface area contributed by atoms with Crippen LogP contribution >= 0.6 is 46.2 Å². The largest absolute Gasteiger partial charge is 0.412 e. The Bertz CT molecular complexity index is 1780. The molecule has 4 heterocycles. The Hall–Kier alpha value is -3.76. The molecule has 2 N–H and O–H groups in total. The van der Waals surface area contributed by atoms with Crippen LogP contribution in [-0.2, 0) is 0 Å². The Balaban J connectivity index is 0.000000208. The second-order valence-corrected chi connectivity index (χ2v) is 14.8. The van der Waals surface area contributed by atoms with Crippen LogP contribution in [0, 0.1) is 27.7 Å². The van der Waals surface area contributed by atoms with Gasteiger partial charge in [-0.05, 0) is 88.7 Å². The average molecular weight is 709 g/mol. The molecule has 47 heavy (non-hydrogen) atoms. The molecule has 2 aromatic carbocycles. The summed E-state index contributed by atoms with van der Waals surface area (Å²) in [5, 5.41) is 21.4. The lowest BCUT2D eigenvalue weighted by Crippen LogP contribution is -2.08. The van der Waals surface area contributed by atoms with Crippen molar-refractivity contribution in [3.63, 3.8) is 0 Å². The van der Waals surface area contributed by atoms with E-state index < -0.39 is 0 Å². The van der Waals surface area contributed by atoms with Gasteiger partial charge in [0.2, 0.25) is 0 Å². The molecule has 4 aromatic heterocycles. The normalized spacial score (nSPS) is 10.8. The van der Waals surface area contributed by atoms with Crippen LogP contribution in [0.5, 0.6) is 0 Å². The number of hydrogen-bond acceptors (Lipinski definition) is 12. The molecule has 15 heteroatoms. The summed E-state index contributed by atoms with van der Waals surface area (Å²) in [6, 6.07) is 16.8. The first-order valence-electron chi connectivity index (χ1n) is 14.5. The summed E-state index contributed by atoms with van der Waals surface area (Å²) < 4.78 is 4.20. The standard InChI is InChI=1S/2C16H19N5S2.H2O/c2*1-10-14(23-11(2)17-10)15-18-19-16(22-5)21(15)13-8-6-12(7-9-13)20(3)4;/h2*6-9H,1-5H3;1H2. The predicted octanol–water partition coefficient (Wildman–Crippen LogP) is 6.77. The summed E-state index contributed by atoms with van der Waals surface area (Å²) in [6.45, 7) is 8.07. The summed E-state index contributed by atoms with van der Waals surface area (Å²) >= 11 is 6.50. The van der Waals surface area contributed by atoms with E-state index in [1.807, 2.05) is 68.4 Å². The van der Waals surface area contributed by atoms with Crippen molar-refractivity contribution in [3.8, 4) is 32.8 Å². The molecule has 0 spiro atoms. The molecule has 11 nitrogen and oxygen atoms in total. The molecule has 6 rings (SSSR count). The SMILES string of the molecule is CSc1nnc(-c2sc(C)nc2C)n1-c1ccc(N(C)C)cc1.CSc1nnc(-c2sc(C)nc2C)n1-c1ccc(N(C)C)cc1.O. The number of benzene rings is 2. The van der Waals surface area contributed by atoms with E-state index in [4.69, 9.17) is 0 Å². The highest BCUT2D eigenvalue weighted by atomic mass is 32.2. The number of anilines is 2. The van der Waals surface area contributed by atoms with Crippen LogP contribution in [0.3, 0.4) is 0 Å². The molecule has 248 valence electrons. The monoisotopic (exact) mass is 708 g/mol. The van der Waals surface area contributed by atoms with Gasteiger partial charge in [-0.15, -0.1) is 43.1 Å². The van der Waals surface area contributed by atoms with Gasteiger partial charge in [-0.25, -0.2) is 9.97 Å². The molecule has 0 saturated heterocycles. The molecular weight excluding hydrogens is 669 g/mol. The zero-order valence-electron chi connectivity index (χ0n) is 28.2. The molecule has 0 unspecified atom stereocenters. The Morgan fingerprint density at radius 2 is 0.894 bits per heavy atom. The maximum Gasteiger partial charge on any atom is 0.195 e. The fourth-order valence-corrected chi connectivity index (χ4v) is 7.62. The summed E-state index contributed by atoms with van der Waals surface area (Å²) in [5.41, 5.74) is 6.45. The third-order valence-electron chi connectivity index (χ3n) is 7.09. The lowest BCUT2D eigenvalue weighted by atomic mass is 10.2. The third-order valence-corrected chi connectivity index (χ3v) is 10.5. The van der Waals surface area contributed by atoms with E-state index in [2.05, 4.69) is 97.8 Å². The van der Waals surface area contributed by atoms with Gasteiger partial charge in [-0.2, -0.15) is 0 Å². The molecule has 0 radical (unpaired) electrons. The van der Waals surface area contributed by atoms with Crippen LogP contribution in [0.1, 0.15) is 21.4 Å². The molecule has 0 bridgehead atoms. The fraction of sp³-hybridized carbons (Fsp3) is 0.312. The van der Waals surface area contributed by atoms with Gasteiger partial charge in [0.15, 0.2) is 22.0 Å². The zero-order valence-corrected chi connectivity index (χ0v) is 31.5. The van der Waals surface area contributed by atoms with Gasteiger partial charge in [0, 0.05) is 50.9 Å². The maximum absolute atomic E-state index is 4.52.